The fraction of sp³-hybridized carbons (Fsp3) is 0.556. The van der Waals surface area contributed by atoms with Gasteiger partial charge in [0, 0.05) is 39.3 Å². The van der Waals surface area contributed by atoms with E-state index < -0.39 is 21.7 Å². The Labute approximate surface area is 168 Å². The van der Waals surface area contributed by atoms with Crippen LogP contribution in [0.3, 0.4) is 0 Å². The molecule has 1 N–H and O–H groups in total. The fourth-order valence-electron chi connectivity index (χ4n) is 3.72. The van der Waals surface area contributed by atoms with Crippen LogP contribution in [0, 0.1) is 5.92 Å². The van der Waals surface area contributed by atoms with Crippen molar-refractivity contribution in [2.24, 2.45) is 13.0 Å². The van der Waals surface area contributed by atoms with Gasteiger partial charge in [0.2, 0.25) is 15.9 Å². The van der Waals surface area contributed by atoms with Crippen LogP contribution in [-0.2, 0) is 26.6 Å². The number of fused-ring (bicyclic) bond motifs is 1. The van der Waals surface area contributed by atoms with E-state index in [1.807, 2.05) is 5.01 Å². The van der Waals surface area contributed by atoms with Crippen LogP contribution < -0.4 is 11.2 Å². The highest BCUT2D eigenvalue weighted by atomic mass is 32.2. The van der Waals surface area contributed by atoms with Crippen molar-refractivity contribution < 1.29 is 22.4 Å². The first-order chi connectivity index (χ1) is 13.9. The fourth-order valence-corrected chi connectivity index (χ4v) is 5.26. The first-order valence-corrected chi connectivity index (χ1v) is 11.0. The van der Waals surface area contributed by atoms with Gasteiger partial charge >= 0.3 is 5.76 Å². The quantitative estimate of drug-likeness (QED) is 0.729. The number of oxazole rings is 1. The summed E-state index contributed by atoms with van der Waals surface area (Å²) in [5, 5.41) is 1.81. The second kappa shape index (κ2) is 7.90. The highest BCUT2D eigenvalue weighted by molar-refractivity contribution is 7.89. The summed E-state index contributed by atoms with van der Waals surface area (Å²) >= 11 is 0. The molecule has 10 nitrogen and oxygen atoms in total. The number of nitrogens with zero attached hydrogens (tertiary/aromatic N) is 3. The first-order valence-electron chi connectivity index (χ1n) is 9.59. The lowest BCUT2D eigenvalue weighted by atomic mass is 9.99. The number of piperidine rings is 1. The zero-order valence-corrected chi connectivity index (χ0v) is 17.0. The number of sulfonamides is 1. The van der Waals surface area contributed by atoms with Gasteiger partial charge < -0.3 is 9.15 Å². The maximum atomic E-state index is 13.1. The van der Waals surface area contributed by atoms with Crippen molar-refractivity contribution in [3.63, 3.8) is 0 Å². The molecule has 3 heterocycles. The Balaban J connectivity index is 1.50. The molecule has 2 fully saturated rings. The third kappa shape index (κ3) is 3.95. The number of aryl methyl sites for hydroxylation is 1. The largest absolute Gasteiger partial charge is 0.419 e. The summed E-state index contributed by atoms with van der Waals surface area (Å²) in [6, 6.07) is 4.38. The molecule has 2 saturated heterocycles. The van der Waals surface area contributed by atoms with Gasteiger partial charge in [-0.15, -0.1) is 0 Å². The highest BCUT2D eigenvalue weighted by Gasteiger charge is 2.34. The van der Waals surface area contributed by atoms with Gasteiger partial charge in [-0.3, -0.25) is 14.8 Å². The summed E-state index contributed by atoms with van der Waals surface area (Å²) in [4.78, 5) is 24.3. The summed E-state index contributed by atoms with van der Waals surface area (Å²) in [6.45, 7) is 2.81. The van der Waals surface area contributed by atoms with Crippen molar-refractivity contribution in [3.8, 4) is 0 Å². The molecule has 1 aromatic heterocycles. The van der Waals surface area contributed by atoms with Crippen molar-refractivity contribution in [3.05, 3.63) is 28.7 Å². The van der Waals surface area contributed by atoms with Gasteiger partial charge in [-0.1, -0.05) is 0 Å². The Morgan fingerprint density at radius 3 is 2.72 bits per heavy atom. The maximum Gasteiger partial charge on any atom is 0.419 e. The molecule has 0 radical (unpaired) electrons. The number of rotatable bonds is 4. The van der Waals surface area contributed by atoms with E-state index in [0.29, 0.717) is 51.2 Å². The van der Waals surface area contributed by atoms with Crippen molar-refractivity contribution >= 4 is 27.0 Å². The van der Waals surface area contributed by atoms with E-state index in [1.165, 1.54) is 21.0 Å². The number of hydrogen-bond donors (Lipinski definition) is 1. The molecule has 0 spiro atoms. The van der Waals surface area contributed by atoms with Crippen LogP contribution in [0.15, 0.2) is 32.3 Å². The van der Waals surface area contributed by atoms with Crippen LogP contribution in [0.5, 0.6) is 0 Å². The van der Waals surface area contributed by atoms with Gasteiger partial charge in [0.05, 0.1) is 29.5 Å². The van der Waals surface area contributed by atoms with Crippen molar-refractivity contribution in [1.82, 2.24) is 19.3 Å². The van der Waals surface area contributed by atoms with Crippen LogP contribution in [0.2, 0.25) is 0 Å². The Morgan fingerprint density at radius 2 is 1.97 bits per heavy atom. The molecule has 1 aromatic carbocycles. The minimum Gasteiger partial charge on any atom is -0.408 e. The van der Waals surface area contributed by atoms with Gasteiger partial charge in [-0.2, -0.15) is 4.31 Å². The van der Waals surface area contributed by atoms with E-state index in [1.54, 1.807) is 13.1 Å². The van der Waals surface area contributed by atoms with Gasteiger partial charge in [-0.25, -0.2) is 18.2 Å². The van der Waals surface area contributed by atoms with Crippen LogP contribution in [0.25, 0.3) is 11.1 Å². The summed E-state index contributed by atoms with van der Waals surface area (Å²) in [7, 11) is -2.25. The third-order valence-electron chi connectivity index (χ3n) is 5.44. The molecule has 2 aliphatic heterocycles. The van der Waals surface area contributed by atoms with E-state index in [0.717, 1.165) is 0 Å². The second-order valence-corrected chi connectivity index (χ2v) is 9.27. The Kier molecular flexibility index (Phi) is 5.47. The predicted octanol–water partition coefficient (Wildman–Crippen LogP) is -0.104. The zero-order valence-electron chi connectivity index (χ0n) is 16.2. The Hall–Kier alpha value is -2.21. The summed E-state index contributed by atoms with van der Waals surface area (Å²) < 4.78 is 39.3. The normalized spacial score (nSPS) is 22.0. The molecule has 1 unspecified atom stereocenters. The molecular formula is C18H24N4O6S. The molecule has 29 heavy (non-hydrogen) atoms. The number of hydrazine groups is 1. The number of amides is 1. The average Bonchev–Trinajstić information content (AvgIpc) is 3.02. The monoisotopic (exact) mass is 424 g/mol. The smallest absolute Gasteiger partial charge is 0.408 e. The number of carbonyl (C=O) groups is 1. The SMILES string of the molecule is Cn1c(=O)oc2cc(S(=O)(=O)N3CCCC(C(=O)NN4CCOCC4)C3)ccc21. The molecule has 11 heteroatoms. The lowest BCUT2D eigenvalue weighted by molar-refractivity contribution is -0.133. The minimum absolute atomic E-state index is 0.0496. The zero-order chi connectivity index (χ0) is 20.6. The lowest BCUT2D eigenvalue weighted by Crippen LogP contribution is -2.53. The topological polar surface area (TPSA) is 114 Å². The van der Waals surface area contributed by atoms with Crippen molar-refractivity contribution in [2.45, 2.75) is 17.7 Å². The Morgan fingerprint density at radius 1 is 1.21 bits per heavy atom. The molecule has 0 bridgehead atoms. The van der Waals surface area contributed by atoms with Gasteiger partial charge in [0.25, 0.3) is 0 Å². The second-order valence-electron chi connectivity index (χ2n) is 7.33. The predicted molar refractivity (Wildman–Crippen MR) is 103 cm³/mol. The number of morpholine rings is 1. The minimum atomic E-state index is -3.81. The van der Waals surface area contributed by atoms with Gasteiger partial charge in [0.15, 0.2) is 5.58 Å². The van der Waals surface area contributed by atoms with E-state index in [-0.39, 0.29) is 22.9 Å². The number of hydrogen-bond acceptors (Lipinski definition) is 7. The average molecular weight is 424 g/mol. The standard InChI is InChI=1S/C18H24N4O6S/c1-20-15-5-4-14(11-16(15)28-18(20)24)29(25,26)22-6-2-3-13(12-22)17(23)19-21-7-9-27-10-8-21/h4-5,11,13H,2-3,6-10,12H2,1H3,(H,19,23). The van der Waals surface area contributed by atoms with E-state index in [4.69, 9.17) is 9.15 Å². The molecule has 2 aromatic rings. The molecule has 158 valence electrons. The molecule has 4 rings (SSSR count). The van der Waals surface area contributed by atoms with Crippen LogP contribution >= 0.6 is 0 Å². The number of nitrogens with one attached hydrogen (secondary N) is 1. The van der Waals surface area contributed by atoms with Crippen molar-refractivity contribution in [2.75, 3.05) is 39.4 Å². The van der Waals surface area contributed by atoms with Crippen LogP contribution in [-0.4, -0.2) is 67.6 Å². The lowest BCUT2D eigenvalue weighted by Gasteiger charge is -2.33. The summed E-state index contributed by atoms with van der Waals surface area (Å²) in [5.74, 6) is -1.14. The first kappa shape index (κ1) is 20.1. The van der Waals surface area contributed by atoms with E-state index >= 15 is 0 Å². The molecule has 1 atom stereocenters. The Bertz CT molecular complexity index is 1070. The van der Waals surface area contributed by atoms with Crippen LogP contribution in [0.4, 0.5) is 0 Å². The molecule has 2 aliphatic rings. The summed E-state index contributed by atoms with van der Waals surface area (Å²) in [5.41, 5.74) is 3.62. The number of ether oxygens (including phenoxy) is 1. The number of benzene rings is 1. The molecule has 0 saturated carbocycles. The highest BCUT2D eigenvalue weighted by Crippen LogP contribution is 2.26. The van der Waals surface area contributed by atoms with Gasteiger partial charge in [-0.05, 0) is 25.0 Å². The van der Waals surface area contributed by atoms with E-state index in [9.17, 15) is 18.0 Å². The molecule has 1 amide bonds. The summed E-state index contributed by atoms with van der Waals surface area (Å²) in [6.07, 6.45) is 1.23. The third-order valence-corrected chi connectivity index (χ3v) is 7.30. The number of carbonyl (C=O) groups excluding carboxylic acids is 1. The van der Waals surface area contributed by atoms with E-state index in [2.05, 4.69) is 5.43 Å². The molecule has 0 aliphatic carbocycles. The maximum absolute atomic E-state index is 13.1. The van der Waals surface area contributed by atoms with Gasteiger partial charge in [0.1, 0.15) is 0 Å². The molecular weight excluding hydrogens is 400 g/mol. The number of aromatic nitrogens is 1. The van der Waals surface area contributed by atoms with Crippen molar-refractivity contribution in [1.29, 1.82) is 0 Å². The van der Waals surface area contributed by atoms with Crippen LogP contribution in [0.1, 0.15) is 12.8 Å².